The normalized spacial score (nSPS) is 10.6. The molecule has 8 heteroatoms. The second-order valence-corrected chi connectivity index (χ2v) is 7.02. The first kappa shape index (κ1) is 21.3. The molecule has 0 aliphatic carbocycles. The zero-order valence-electron chi connectivity index (χ0n) is 17.1. The second-order valence-electron chi connectivity index (χ2n) is 6.61. The highest BCUT2D eigenvalue weighted by molar-refractivity contribution is 6.32. The lowest BCUT2D eigenvalue weighted by atomic mass is 10.2. The van der Waals surface area contributed by atoms with E-state index in [9.17, 15) is 9.59 Å². The Kier molecular flexibility index (Phi) is 6.00. The number of esters is 1. The van der Waals surface area contributed by atoms with E-state index in [0.29, 0.717) is 22.3 Å². The van der Waals surface area contributed by atoms with Crippen LogP contribution in [0.4, 0.5) is 0 Å². The molecule has 0 bridgehead atoms. The number of halogens is 1. The van der Waals surface area contributed by atoms with Crippen molar-refractivity contribution in [2.75, 3.05) is 14.2 Å². The van der Waals surface area contributed by atoms with Crippen molar-refractivity contribution in [3.05, 3.63) is 87.7 Å². The summed E-state index contributed by atoms with van der Waals surface area (Å²) in [5.74, 6) is 0.799. The minimum atomic E-state index is -0.623. The smallest absolute Gasteiger partial charge is 0.343 e. The number of methoxy groups -OCH3 is 2. The van der Waals surface area contributed by atoms with Gasteiger partial charge < -0.3 is 23.4 Å². The van der Waals surface area contributed by atoms with E-state index in [0.717, 1.165) is 0 Å². The molecule has 0 saturated carbocycles. The first-order valence-electron chi connectivity index (χ1n) is 9.41. The van der Waals surface area contributed by atoms with Crippen LogP contribution >= 0.6 is 11.6 Å². The van der Waals surface area contributed by atoms with Crippen molar-refractivity contribution in [2.45, 2.75) is 0 Å². The maximum absolute atomic E-state index is 12.8. The molecule has 32 heavy (non-hydrogen) atoms. The zero-order valence-corrected chi connectivity index (χ0v) is 17.8. The highest BCUT2D eigenvalue weighted by Gasteiger charge is 2.15. The van der Waals surface area contributed by atoms with Gasteiger partial charge in [0.1, 0.15) is 34.8 Å². The van der Waals surface area contributed by atoms with Crippen LogP contribution in [0.3, 0.4) is 0 Å². The summed E-state index contributed by atoms with van der Waals surface area (Å²) >= 11 is 6.08. The molecule has 3 aromatic carbocycles. The Balaban J connectivity index is 1.60. The van der Waals surface area contributed by atoms with Gasteiger partial charge in [0, 0.05) is 12.1 Å². The monoisotopic (exact) mass is 452 g/mol. The summed E-state index contributed by atoms with van der Waals surface area (Å²) in [6, 6.07) is 15.9. The van der Waals surface area contributed by atoms with Gasteiger partial charge in [-0.3, -0.25) is 4.79 Å². The summed E-state index contributed by atoms with van der Waals surface area (Å²) in [7, 11) is 2.97. The maximum Gasteiger partial charge on any atom is 0.343 e. The van der Waals surface area contributed by atoms with Crippen LogP contribution in [0.5, 0.6) is 28.7 Å². The molecule has 1 heterocycles. The third-order valence-corrected chi connectivity index (χ3v) is 4.88. The van der Waals surface area contributed by atoms with E-state index in [-0.39, 0.29) is 33.5 Å². The Hall–Kier alpha value is -3.97. The van der Waals surface area contributed by atoms with Gasteiger partial charge in [0.05, 0.1) is 30.2 Å². The predicted molar refractivity (Wildman–Crippen MR) is 119 cm³/mol. The number of hydrogen-bond acceptors (Lipinski definition) is 7. The minimum Gasteiger partial charge on any atom is -0.497 e. The number of carbonyl (C=O) groups is 1. The number of rotatable bonds is 6. The minimum absolute atomic E-state index is 0.0150. The van der Waals surface area contributed by atoms with Gasteiger partial charge in [0.2, 0.25) is 11.2 Å². The van der Waals surface area contributed by atoms with E-state index in [1.165, 1.54) is 50.8 Å². The fourth-order valence-electron chi connectivity index (χ4n) is 2.96. The summed E-state index contributed by atoms with van der Waals surface area (Å²) in [5.41, 5.74) is 0.0860. The van der Waals surface area contributed by atoms with Crippen molar-refractivity contribution in [3.8, 4) is 28.7 Å². The fraction of sp³-hybridized carbons (Fsp3) is 0.0833. The molecule has 4 aromatic rings. The Morgan fingerprint density at radius 2 is 1.59 bits per heavy atom. The average Bonchev–Trinajstić information content (AvgIpc) is 2.81. The molecular formula is C24H17ClO7. The highest BCUT2D eigenvalue weighted by atomic mass is 35.5. The standard InChI is InChI=1S/C24H17ClO7/c1-28-16-9-14(10-17(11-16)29-2)24(27)31-15-7-8-18-21(12-15)30-13-22(23(18)26)32-20-6-4-3-5-19(20)25/h3-13H,1-2H3. The summed E-state index contributed by atoms with van der Waals surface area (Å²) in [6.07, 6.45) is 1.19. The first-order chi connectivity index (χ1) is 15.5. The van der Waals surface area contributed by atoms with Crippen molar-refractivity contribution in [1.82, 2.24) is 0 Å². The molecule has 0 saturated heterocycles. The van der Waals surface area contributed by atoms with Gasteiger partial charge >= 0.3 is 5.97 Å². The van der Waals surface area contributed by atoms with Crippen LogP contribution in [-0.2, 0) is 0 Å². The number of ether oxygens (including phenoxy) is 4. The lowest BCUT2D eigenvalue weighted by Gasteiger charge is -2.09. The third-order valence-electron chi connectivity index (χ3n) is 4.57. The van der Waals surface area contributed by atoms with Gasteiger partial charge in [-0.25, -0.2) is 4.79 Å². The number of fused-ring (bicyclic) bond motifs is 1. The SMILES string of the molecule is COc1cc(OC)cc(C(=O)Oc2ccc3c(=O)c(Oc4ccccc4Cl)coc3c2)c1. The molecule has 1 aromatic heterocycles. The van der Waals surface area contributed by atoms with Crippen LogP contribution < -0.4 is 24.4 Å². The second kappa shape index (κ2) is 9.03. The number of hydrogen-bond donors (Lipinski definition) is 0. The molecule has 0 unspecified atom stereocenters. The van der Waals surface area contributed by atoms with Gasteiger partial charge in [-0.05, 0) is 36.4 Å². The Labute approximate surface area is 187 Å². The van der Waals surface area contributed by atoms with Crippen LogP contribution in [0.15, 0.2) is 76.1 Å². The topological polar surface area (TPSA) is 84.2 Å². The van der Waals surface area contributed by atoms with Crippen molar-refractivity contribution >= 4 is 28.5 Å². The Morgan fingerprint density at radius 1 is 0.875 bits per heavy atom. The van der Waals surface area contributed by atoms with E-state index in [2.05, 4.69) is 0 Å². The molecule has 4 rings (SSSR count). The molecule has 0 aliphatic rings. The lowest BCUT2D eigenvalue weighted by Crippen LogP contribution is -2.09. The van der Waals surface area contributed by atoms with E-state index < -0.39 is 5.97 Å². The van der Waals surface area contributed by atoms with Gasteiger partial charge in [0.25, 0.3) is 0 Å². The molecule has 0 fully saturated rings. The van der Waals surface area contributed by atoms with Crippen molar-refractivity contribution in [2.24, 2.45) is 0 Å². The Morgan fingerprint density at radius 3 is 2.28 bits per heavy atom. The van der Waals surface area contributed by atoms with Gasteiger partial charge in [-0.15, -0.1) is 0 Å². The molecule has 7 nitrogen and oxygen atoms in total. The summed E-state index contributed by atoms with van der Waals surface area (Å²) < 4.78 is 26.9. The van der Waals surface area contributed by atoms with Crippen molar-refractivity contribution < 1.29 is 28.2 Å². The van der Waals surface area contributed by atoms with Crippen molar-refractivity contribution in [1.29, 1.82) is 0 Å². The predicted octanol–water partition coefficient (Wildman–Crippen LogP) is 5.48. The van der Waals surface area contributed by atoms with Crippen LogP contribution in [0.25, 0.3) is 11.0 Å². The molecule has 0 N–H and O–H groups in total. The largest absolute Gasteiger partial charge is 0.497 e. The summed E-state index contributed by atoms with van der Waals surface area (Å²) in [6.45, 7) is 0. The molecule has 0 aliphatic heterocycles. The average molecular weight is 453 g/mol. The highest BCUT2D eigenvalue weighted by Crippen LogP contribution is 2.29. The van der Waals surface area contributed by atoms with Crippen LogP contribution in [-0.4, -0.2) is 20.2 Å². The van der Waals surface area contributed by atoms with E-state index in [1.807, 2.05) is 0 Å². The number of benzene rings is 3. The van der Waals surface area contributed by atoms with Gasteiger partial charge in [-0.2, -0.15) is 0 Å². The van der Waals surface area contributed by atoms with Gasteiger partial charge in [0.15, 0.2) is 0 Å². The number of para-hydroxylation sites is 1. The summed E-state index contributed by atoms with van der Waals surface area (Å²) in [5, 5.41) is 0.626. The molecular weight excluding hydrogens is 436 g/mol. The third kappa shape index (κ3) is 4.38. The molecule has 0 amide bonds. The molecule has 0 atom stereocenters. The van der Waals surface area contributed by atoms with Crippen molar-refractivity contribution in [3.63, 3.8) is 0 Å². The van der Waals surface area contributed by atoms with E-state index >= 15 is 0 Å². The fourth-order valence-corrected chi connectivity index (χ4v) is 3.14. The van der Waals surface area contributed by atoms with E-state index in [4.69, 9.17) is 35.0 Å². The quantitative estimate of drug-likeness (QED) is 0.283. The van der Waals surface area contributed by atoms with E-state index in [1.54, 1.807) is 30.3 Å². The zero-order chi connectivity index (χ0) is 22.7. The Bertz CT molecular complexity index is 1340. The van der Waals surface area contributed by atoms with Crippen LogP contribution in [0.1, 0.15) is 10.4 Å². The molecule has 0 radical (unpaired) electrons. The molecule has 0 spiro atoms. The lowest BCUT2D eigenvalue weighted by molar-refractivity contribution is 0.0734. The summed E-state index contributed by atoms with van der Waals surface area (Å²) in [4.78, 5) is 25.4. The van der Waals surface area contributed by atoms with Gasteiger partial charge in [-0.1, -0.05) is 23.7 Å². The number of carbonyl (C=O) groups excluding carboxylic acids is 1. The first-order valence-corrected chi connectivity index (χ1v) is 9.79. The molecule has 162 valence electrons. The van der Waals surface area contributed by atoms with Crippen LogP contribution in [0.2, 0.25) is 5.02 Å². The maximum atomic E-state index is 12.8. The van der Waals surface area contributed by atoms with Crippen LogP contribution in [0, 0.1) is 0 Å².